The molecule has 2 aliphatic rings. The lowest BCUT2D eigenvalue weighted by Gasteiger charge is -2.31. The molecule has 0 bridgehead atoms. The van der Waals surface area contributed by atoms with E-state index in [0.717, 1.165) is 25.9 Å². The normalized spacial score (nSPS) is 17.8. The Kier molecular flexibility index (Phi) is 5.95. The second-order valence-corrected chi connectivity index (χ2v) is 9.14. The second kappa shape index (κ2) is 8.49. The first-order valence-corrected chi connectivity index (χ1v) is 11.9. The first-order chi connectivity index (χ1) is 14.5. The number of aromatic nitrogens is 1. The number of rotatable bonds is 5. The molecule has 1 aliphatic carbocycles. The maximum absolute atomic E-state index is 5.14. The lowest BCUT2D eigenvalue weighted by atomic mass is 9.93. The van der Waals surface area contributed by atoms with Crippen molar-refractivity contribution in [3.8, 4) is 5.69 Å². The van der Waals surface area contributed by atoms with Crippen molar-refractivity contribution in [1.82, 2.24) is 9.47 Å². The molecule has 2 heterocycles. The topological polar surface area (TPSA) is 32.6 Å². The number of anilines is 1. The van der Waals surface area contributed by atoms with Crippen molar-refractivity contribution in [2.24, 2.45) is 4.99 Å². The zero-order valence-electron chi connectivity index (χ0n) is 19.7. The van der Waals surface area contributed by atoms with Gasteiger partial charge in [-0.05, 0) is 83.4 Å². The van der Waals surface area contributed by atoms with E-state index >= 15 is 0 Å². The molecule has 1 aromatic carbocycles. The quantitative estimate of drug-likeness (QED) is 0.668. The van der Waals surface area contributed by atoms with Crippen molar-refractivity contribution in [3.63, 3.8) is 0 Å². The van der Waals surface area contributed by atoms with Gasteiger partial charge in [-0.15, -0.1) is 0 Å². The van der Waals surface area contributed by atoms with Gasteiger partial charge in [-0.25, -0.2) is 4.99 Å². The highest BCUT2D eigenvalue weighted by Gasteiger charge is 2.34. The summed E-state index contributed by atoms with van der Waals surface area (Å²) in [6.07, 6.45) is 7.38. The van der Waals surface area contributed by atoms with Crippen LogP contribution in [0.15, 0.2) is 17.1 Å². The minimum Gasteiger partial charge on any atom is -0.357 e. The van der Waals surface area contributed by atoms with E-state index in [-0.39, 0.29) is 6.17 Å². The standard InChI is InChI=1S/C26H38N4/c1-7-9-14-29(8-2)25-23-21-12-10-11-13-22(21)30(26(23)28-20(6)27-25)24-18(4)15-17(3)16-19(24)5/h15-16,20,28H,7-14H2,1-6H3. The molecule has 0 fully saturated rings. The molecule has 1 unspecified atom stereocenters. The predicted octanol–water partition coefficient (Wildman–Crippen LogP) is 5.92. The van der Waals surface area contributed by atoms with Gasteiger partial charge < -0.3 is 10.2 Å². The van der Waals surface area contributed by atoms with Crippen LogP contribution in [0.5, 0.6) is 0 Å². The molecule has 0 radical (unpaired) electrons. The average molecular weight is 407 g/mol. The van der Waals surface area contributed by atoms with E-state index in [2.05, 4.69) is 68.5 Å². The predicted molar refractivity (Wildman–Crippen MR) is 128 cm³/mol. The largest absolute Gasteiger partial charge is 0.357 e. The Morgan fingerprint density at radius 2 is 1.80 bits per heavy atom. The van der Waals surface area contributed by atoms with Crippen LogP contribution in [-0.2, 0) is 12.8 Å². The van der Waals surface area contributed by atoms with Crippen LogP contribution < -0.4 is 5.32 Å². The summed E-state index contributed by atoms with van der Waals surface area (Å²) in [4.78, 5) is 7.65. The van der Waals surface area contributed by atoms with Gasteiger partial charge in [0, 0.05) is 18.8 Å². The van der Waals surface area contributed by atoms with E-state index in [1.807, 2.05) is 0 Å². The molecule has 1 atom stereocenters. The van der Waals surface area contributed by atoms with Crippen LogP contribution in [0.3, 0.4) is 0 Å². The van der Waals surface area contributed by atoms with Gasteiger partial charge in [0.2, 0.25) is 0 Å². The van der Waals surface area contributed by atoms with Gasteiger partial charge in [0.25, 0.3) is 0 Å². The molecule has 4 heteroatoms. The number of amidine groups is 1. The van der Waals surface area contributed by atoms with Gasteiger partial charge in [0.15, 0.2) is 0 Å². The Balaban J connectivity index is 1.95. The smallest absolute Gasteiger partial charge is 0.137 e. The Hall–Kier alpha value is -2.23. The zero-order chi connectivity index (χ0) is 21.4. The average Bonchev–Trinajstić information content (AvgIpc) is 3.02. The molecule has 1 aromatic heterocycles. The molecule has 4 rings (SSSR count). The summed E-state index contributed by atoms with van der Waals surface area (Å²) in [6, 6.07) is 4.65. The van der Waals surface area contributed by atoms with Crippen molar-refractivity contribution < 1.29 is 0 Å². The van der Waals surface area contributed by atoms with Gasteiger partial charge >= 0.3 is 0 Å². The van der Waals surface area contributed by atoms with Crippen molar-refractivity contribution in [1.29, 1.82) is 0 Å². The summed E-state index contributed by atoms with van der Waals surface area (Å²) in [5.74, 6) is 2.48. The summed E-state index contributed by atoms with van der Waals surface area (Å²) < 4.78 is 2.56. The lowest BCUT2D eigenvalue weighted by molar-refractivity contribution is 0.424. The second-order valence-electron chi connectivity index (χ2n) is 9.14. The van der Waals surface area contributed by atoms with E-state index in [1.165, 1.54) is 76.5 Å². The molecule has 162 valence electrons. The van der Waals surface area contributed by atoms with E-state index in [9.17, 15) is 0 Å². The fourth-order valence-electron chi connectivity index (χ4n) is 5.43. The van der Waals surface area contributed by atoms with Crippen LogP contribution in [0, 0.1) is 20.8 Å². The molecule has 30 heavy (non-hydrogen) atoms. The number of fused-ring (bicyclic) bond motifs is 3. The molecule has 2 aromatic rings. The first-order valence-electron chi connectivity index (χ1n) is 11.9. The summed E-state index contributed by atoms with van der Waals surface area (Å²) in [7, 11) is 0. The van der Waals surface area contributed by atoms with E-state index in [0.29, 0.717) is 0 Å². The Bertz CT molecular complexity index is 943. The maximum atomic E-state index is 5.14. The molecule has 1 N–H and O–H groups in total. The van der Waals surface area contributed by atoms with Crippen molar-refractivity contribution in [2.45, 2.75) is 86.2 Å². The molecule has 0 amide bonds. The number of hydrogen-bond acceptors (Lipinski definition) is 3. The van der Waals surface area contributed by atoms with Crippen molar-refractivity contribution in [3.05, 3.63) is 45.6 Å². The molecule has 4 nitrogen and oxygen atoms in total. The fraction of sp³-hybridized carbons (Fsp3) is 0.577. The lowest BCUT2D eigenvalue weighted by Crippen LogP contribution is -2.38. The van der Waals surface area contributed by atoms with Crippen LogP contribution >= 0.6 is 0 Å². The molecular weight excluding hydrogens is 368 g/mol. The van der Waals surface area contributed by atoms with Crippen LogP contribution in [0.1, 0.15) is 80.0 Å². The summed E-state index contributed by atoms with van der Waals surface area (Å²) in [5.41, 5.74) is 9.82. The van der Waals surface area contributed by atoms with Crippen LogP contribution in [0.2, 0.25) is 0 Å². The molecule has 0 saturated carbocycles. The van der Waals surface area contributed by atoms with E-state index in [1.54, 1.807) is 0 Å². The number of hydrogen-bond donors (Lipinski definition) is 1. The van der Waals surface area contributed by atoms with Crippen molar-refractivity contribution in [2.75, 3.05) is 18.4 Å². The maximum Gasteiger partial charge on any atom is 0.137 e. The third-order valence-electron chi connectivity index (χ3n) is 6.68. The summed E-state index contributed by atoms with van der Waals surface area (Å²) in [5, 5.41) is 3.77. The Labute approximate surface area is 182 Å². The highest BCUT2D eigenvalue weighted by molar-refractivity contribution is 6.06. The van der Waals surface area contributed by atoms with Crippen LogP contribution in [0.4, 0.5) is 5.82 Å². The molecule has 0 saturated heterocycles. The number of aryl methyl sites for hydroxylation is 3. The summed E-state index contributed by atoms with van der Waals surface area (Å²) >= 11 is 0. The number of benzene rings is 1. The Morgan fingerprint density at radius 3 is 2.47 bits per heavy atom. The third-order valence-corrected chi connectivity index (χ3v) is 6.68. The van der Waals surface area contributed by atoms with E-state index in [4.69, 9.17) is 4.99 Å². The monoisotopic (exact) mass is 406 g/mol. The third kappa shape index (κ3) is 3.55. The molecule has 1 aliphatic heterocycles. The zero-order valence-corrected chi connectivity index (χ0v) is 19.7. The highest BCUT2D eigenvalue weighted by atomic mass is 15.3. The summed E-state index contributed by atoms with van der Waals surface area (Å²) in [6.45, 7) is 15.5. The van der Waals surface area contributed by atoms with Crippen LogP contribution in [-0.4, -0.2) is 34.6 Å². The van der Waals surface area contributed by atoms with Gasteiger partial charge in [-0.3, -0.25) is 4.57 Å². The minimum atomic E-state index is 0.0874. The van der Waals surface area contributed by atoms with Gasteiger partial charge in [0.1, 0.15) is 17.8 Å². The fourth-order valence-corrected chi connectivity index (χ4v) is 5.43. The van der Waals surface area contributed by atoms with Crippen LogP contribution in [0.25, 0.3) is 5.69 Å². The van der Waals surface area contributed by atoms with Gasteiger partial charge in [-0.2, -0.15) is 0 Å². The highest BCUT2D eigenvalue weighted by Crippen LogP contribution is 2.40. The van der Waals surface area contributed by atoms with Gasteiger partial charge in [0.05, 0.1) is 11.3 Å². The number of aliphatic imine (C=N–C) groups is 1. The van der Waals surface area contributed by atoms with Crippen molar-refractivity contribution >= 4 is 11.7 Å². The van der Waals surface area contributed by atoms with Gasteiger partial charge in [-0.1, -0.05) is 31.0 Å². The minimum absolute atomic E-state index is 0.0874. The number of unbranched alkanes of at least 4 members (excludes halogenated alkanes) is 1. The SMILES string of the molecule is CCCCN(CC)C1=NC(C)Nc2c1c1c(n2-c2c(C)cc(C)cc2C)CCCC1. The van der Waals surface area contributed by atoms with E-state index < -0.39 is 0 Å². The number of nitrogens with one attached hydrogen (secondary N) is 1. The Morgan fingerprint density at radius 1 is 1.10 bits per heavy atom. The molecular formula is C26H38N4. The number of nitrogens with zero attached hydrogens (tertiary/aromatic N) is 3. The molecule has 0 spiro atoms. The first kappa shape index (κ1) is 21.0.